The van der Waals surface area contributed by atoms with Gasteiger partial charge < -0.3 is 20.5 Å². The van der Waals surface area contributed by atoms with Crippen molar-refractivity contribution in [2.24, 2.45) is 0 Å². The van der Waals surface area contributed by atoms with Crippen LogP contribution in [0.25, 0.3) is 0 Å². The van der Waals surface area contributed by atoms with Crippen LogP contribution in [0.3, 0.4) is 0 Å². The maximum absolute atomic E-state index is 11.9. The summed E-state index contributed by atoms with van der Waals surface area (Å²) < 4.78 is 5.43. The molecule has 116 valence electrons. The van der Waals surface area contributed by atoms with E-state index in [2.05, 4.69) is 10.6 Å². The maximum Gasteiger partial charge on any atom is 0.239 e. The Bertz CT molecular complexity index is 587. The largest absolute Gasteiger partial charge is 0.491 e. The van der Waals surface area contributed by atoms with Crippen LogP contribution in [0.2, 0.25) is 0 Å². The molecule has 5 heteroatoms. The Kier molecular flexibility index (Phi) is 6.26. The number of aliphatic hydroxyl groups is 1. The number of ether oxygens (including phenoxy) is 1. The van der Waals surface area contributed by atoms with Crippen LogP contribution in [0.4, 0.5) is 5.69 Å². The summed E-state index contributed by atoms with van der Waals surface area (Å²) >= 11 is 0. The number of anilines is 1. The van der Waals surface area contributed by atoms with Gasteiger partial charge in [-0.25, -0.2) is 0 Å². The number of benzene rings is 2. The van der Waals surface area contributed by atoms with Crippen molar-refractivity contribution in [1.29, 1.82) is 0 Å². The Morgan fingerprint density at radius 2 is 1.77 bits per heavy atom. The second-order valence-corrected chi connectivity index (χ2v) is 4.68. The average Bonchev–Trinajstić information content (AvgIpc) is 2.58. The highest BCUT2D eigenvalue weighted by molar-refractivity contribution is 5.80. The Balaban J connectivity index is 1.81. The van der Waals surface area contributed by atoms with Crippen LogP contribution in [0, 0.1) is 0 Å². The monoisotopic (exact) mass is 300 g/mol. The molecule has 0 aliphatic rings. The summed E-state index contributed by atoms with van der Waals surface area (Å²) in [5.74, 6) is 0.577. The molecule has 0 bridgehead atoms. The molecule has 0 atom stereocenters. The summed E-state index contributed by atoms with van der Waals surface area (Å²) in [7, 11) is 0. The molecule has 0 aliphatic heterocycles. The number of hydrogen-bond acceptors (Lipinski definition) is 4. The molecule has 2 rings (SSSR count). The SMILES string of the molecule is O=C(CNc1ccccc1)NCc1ccccc1OCCO. The molecule has 0 heterocycles. The van der Waals surface area contributed by atoms with Crippen molar-refractivity contribution in [3.8, 4) is 5.75 Å². The van der Waals surface area contributed by atoms with Gasteiger partial charge in [-0.1, -0.05) is 36.4 Å². The van der Waals surface area contributed by atoms with E-state index in [-0.39, 0.29) is 25.7 Å². The standard InChI is InChI=1S/C17H20N2O3/c20-10-11-22-16-9-5-4-6-14(16)12-19-17(21)13-18-15-7-2-1-3-8-15/h1-9,18,20H,10-13H2,(H,19,21). The quantitative estimate of drug-likeness (QED) is 0.695. The molecular formula is C17H20N2O3. The van der Waals surface area contributed by atoms with Gasteiger partial charge >= 0.3 is 0 Å². The number of rotatable bonds is 8. The summed E-state index contributed by atoms with van der Waals surface area (Å²) in [4.78, 5) is 11.9. The van der Waals surface area contributed by atoms with Crippen molar-refractivity contribution in [1.82, 2.24) is 5.32 Å². The Morgan fingerprint density at radius 1 is 1.05 bits per heavy atom. The minimum atomic E-state index is -0.0965. The van der Waals surface area contributed by atoms with Crippen LogP contribution in [0.1, 0.15) is 5.56 Å². The maximum atomic E-state index is 11.9. The van der Waals surface area contributed by atoms with Gasteiger partial charge in [0.2, 0.25) is 5.91 Å². The Morgan fingerprint density at radius 3 is 2.55 bits per heavy atom. The first kappa shape index (κ1) is 15.9. The van der Waals surface area contributed by atoms with Gasteiger partial charge in [0, 0.05) is 17.8 Å². The number of hydrogen-bond donors (Lipinski definition) is 3. The van der Waals surface area contributed by atoms with Crippen LogP contribution in [0.15, 0.2) is 54.6 Å². The average molecular weight is 300 g/mol. The van der Waals surface area contributed by atoms with Crippen LogP contribution in [-0.2, 0) is 11.3 Å². The molecule has 0 radical (unpaired) electrons. The van der Waals surface area contributed by atoms with Gasteiger partial charge in [-0.2, -0.15) is 0 Å². The molecule has 0 aliphatic carbocycles. The molecule has 0 saturated heterocycles. The van der Waals surface area contributed by atoms with E-state index in [1.54, 1.807) is 0 Å². The molecule has 22 heavy (non-hydrogen) atoms. The topological polar surface area (TPSA) is 70.6 Å². The highest BCUT2D eigenvalue weighted by Gasteiger charge is 2.05. The molecule has 5 nitrogen and oxygen atoms in total. The van der Waals surface area contributed by atoms with Crippen LogP contribution < -0.4 is 15.4 Å². The lowest BCUT2D eigenvalue weighted by Gasteiger charge is -2.12. The number of carbonyl (C=O) groups excluding carboxylic acids is 1. The number of para-hydroxylation sites is 2. The van der Waals surface area contributed by atoms with Crippen molar-refractivity contribution in [2.45, 2.75) is 6.54 Å². The molecule has 0 unspecified atom stereocenters. The van der Waals surface area contributed by atoms with E-state index in [1.165, 1.54) is 0 Å². The zero-order chi connectivity index (χ0) is 15.6. The van der Waals surface area contributed by atoms with Crippen LogP contribution in [0.5, 0.6) is 5.75 Å². The summed E-state index contributed by atoms with van der Waals surface area (Å²) in [6, 6.07) is 17.0. The van der Waals surface area contributed by atoms with Crippen molar-refractivity contribution in [3.63, 3.8) is 0 Å². The van der Waals surface area contributed by atoms with E-state index in [9.17, 15) is 4.79 Å². The molecular weight excluding hydrogens is 280 g/mol. The first-order valence-corrected chi connectivity index (χ1v) is 7.17. The first-order chi connectivity index (χ1) is 10.8. The Hall–Kier alpha value is -2.53. The van der Waals surface area contributed by atoms with Crippen LogP contribution in [-0.4, -0.2) is 30.8 Å². The summed E-state index contributed by atoms with van der Waals surface area (Å²) in [6.07, 6.45) is 0. The van der Waals surface area contributed by atoms with E-state index >= 15 is 0 Å². The predicted molar refractivity (Wildman–Crippen MR) is 85.8 cm³/mol. The molecule has 0 fully saturated rings. The minimum Gasteiger partial charge on any atom is -0.491 e. The highest BCUT2D eigenvalue weighted by Crippen LogP contribution is 2.17. The number of amides is 1. The zero-order valence-electron chi connectivity index (χ0n) is 12.3. The van der Waals surface area contributed by atoms with Gasteiger partial charge in [-0.05, 0) is 18.2 Å². The van der Waals surface area contributed by atoms with Gasteiger partial charge in [0.05, 0.1) is 13.2 Å². The van der Waals surface area contributed by atoms with Crippen molar-refractivity contribution >= 4 is 11.6 Å². The van der Waals surface area contributed by atoms with Gasteiger partial charge in [-0.15, -0.1) is 0 Å². The van der Waals surface area contributed by atoms with E-state index in [0.29, 0.717) is 12.3 Å². The third kappa shape index (κ3) is 5.10. The van der Waals surface area contributed by atoms with Gasteiger partial charge in [-0.3, -0.25) is 4.79 Å². The van der Waals surface area contributed by atoms with Crippen molar-refractivity contribution in [3.05, 3.63) is 60.2 Å². The second-order valence-electron chi connectivity index (χ2n) is 4.68. The molecule has 2 aromatic rings. The number of aliphatic hydroxyl groups excluding tert-OH is 1. The minimum absolute atomic E-state index is 0.0400. The molecule has 0 saturated carbocycles. The molecule has 0 spiro atoms. The van der Waals surface area contributed by atoms with E-state index in [1.807, 2.05) is 54.6 Å². The van der Waals surface area contributed by atoms with E-state index < -0.39 is 0 Å². The van der Waals surface area contributed by atoms with Gasteiger partial charge in [0.25, 0.3) is 0 Å². The molecule has 3 N–H and O–H groups in total. The lowest BCUT2D eigenvalue weighted by atomic mass is 10.2. The number of nitrogens with one attached hydrogen (secondary N) is 2. The summed E-state index contributed by atoms with van der Waals surface area (Å²) in [5.41, 5.74) is 1.79. The van der Waals surface area contributed by atoms with Gasteiger partial charge in [0.15, 0.2) is 0 Å². The van der Waals surface area contributed by atoms with Gasteiger partial charge in [0.1, 0.15) is 12.4 Å². The van der Waals surface area contributed by atoms with E-state index in [4.69, 9.17) is 9.84 Å². The highest BCUT2D eigenvalue weighted by atomic mass is 16.5. The zero-order valence-corrected chi connectivity index (χ0v) is 12.3. The molecule has 1 amide bonds. The normalized spacial score (nSPS) is 10.0. The third-order valence-electron chi connectivity index (χ3n) is 3.02. The fourth-order valence-electron chi connectivity index (χ4n) is 1.94. The molecule has 2 aromatic carbocycles. The van der Waals surface area contributed by atoms with Crippen LogP contribution >= 0.6 is 0 Å². The Labute approximate surface area is 129 Å². The second kappa shape index (κ2) is 8.69. The molecule has 0 aromatic heterocycles. The fraction of sp³-hybridized carbons (Fsp3) is 0.235. The van der Waals surface area contributed by atoms with E-state index in [0.717, 1.165) is 11.3 Å². The fourth-order valence-corrected chi connectivity index (χ4v) is 1.94. The first-order valence-electron chi connectivity index (χ1n) is 7.17. The van der Waals surface area contributed by atoms with Crippen molar-refractivity contribution < 1.29 is 14.6 Å². The smallest absolute Gasteiger partial charge is 0.239 e. The third-order valence-corrected chi connectivity index (χ3v) is 3.02. The lowest BCUT2D eigenvalue weighted by molar-refractivity contribution is -0.119. The summed E-state index contributed by atoms with van der Waals surface area (Å²) in [5, 5.41) is 14.7. The lowest BCUT2D eigenvalue weighted by Crippen LogP contribution is -2.29. The number of carbonyl (C=O) groups is 1. The summed E-state index contributed by atoms with van der Waals surface area (Å²) in [6.45, 7) is 0.794. The predicted octanol–water partition coefficient (Wildman–Crippen LogP) is 1.79. The van der Waals surface area contributed by atoms with Crippen molar-refractivity contribution in [2.75, 3.05) is 25.1 Å².